The van der Waals surface area contributed by atoms with Gasteiger partial charge < -0.3 is 5.73 Å². The number of sulfonamides is 1. The summed E-state index contributed by atoms with van der Waals surface area (Å²) in [6, 6.07) is 2.86. The van der Waals surface area contributed by atoms with Gasteiger partial charge in [-0.2, -0.15) is 4.31 Å². The molecule has 0 aliphatic heterocycles. The van der Waals surface area contributed by atoms with Crippen LogP contribution >= 0.6 is 38.9 Å². The van der Waals surface area contributed by atoms with E-state index in [2.05, 4.69) is 20.9 Å². The van der Waals surface area contributed by atoms with Crippen molar-refractivity contribution in [3.05, 3.63) is 38.2 Å². The van der Waals surface area contributed by atoms with Gasteiger partial charge in [-0.15, -0.1) is 11.3 Å². The minimum atomic E-state index is -3.70. The fourth-order valence-electron chi connectivity index (χ4n) is 1.57. The average Bonchev–Trinajstić information content (AvgIpc) is 2.86. The van der Waals surface area contributed by atoms with E-state index in [0.29, 0.717) is 10.2 Å². The van der Waals surface area contributed by atoms with Crippen LogP contribution in [0.25, 0.3) is 0 Å². The first kappa shape index (κ1) is 15.7. The summed E-state index contributed by atoms with van der Waals surface area (Å²) >= 11 is 10.5. The summed E-state index contributed by atoms with van der Waals surface area (Å²) in [6.07, 6.45) is 0. The van der Waals surface area contributed by atoms with Crippen molar-refractivity contribution in [1.82, 2.24) is 9.29 Å². The smallest absolute Gasteiger partial charge is 0.244 e. The Labute approximate surface area is 134 Å². The molecule has 0 unspecified atom stereocenters. The summed E-state index contributed by atoms with van der Waals surface area (Å²) in [6.45, 7) is 0.185. The Morgan fingerprint density at radius 2 is 2.20 bits per heavy atom. The second-order valence-electron chi connectivity index (χ2n) is 4.05. The van der Waals surface area contributed by atoms with E-state index >= 15 is 0 Å². The van der Waals surface area contributed by atoms with Crippen molar-refractivity contribution in [3.63, 3.8) is 0 Å². The number of nitrogen functional groups attached to an aromatic ring is 1. The molecule has 0 aliphatic rings. The Morgan fingerprint density at radius 1 is 1.50 bits per heavy atom. The molecule has 0 bridgehead atoms. The van der Waals surface area contributed by atoms with Crippen LogP contribution in [0.2, 0.25) is 5.02 Å². The Kier molecular flexibility index (Phi) is 4.70. The number of hydrogen-bond donors (Lipinski definition) is 1. The highest BCUT2D eigenvalue weighted by atomic mass is 79.9. The van der Waals surface area contributed by atoms with E-state index in [9.17, 15) is 8.42 Å². The second kappa shape index (κ2) is 5.98. The van der Waals surface area contributed by atoms with Crippen molar-refractivity contribution < 1.29 is 8.42 Å². The lowest BCUT2D eigenvalue weighted by Gasteiger charge is -2.18. The number of nitrogens with zero attached hydrogens (tertiary/aromatic N) is 2. The molecule has 9 heteroatoms. The zero-order chi connectivity index (χ0) is 14.9. The van der Waals surface area contributed by atoms with Crippen LogP contribution < -0.4 is 5.73 Å². The molecule has 2 rings (SSSR count). The number of anilines is 1. The standard InChI is InChI=1S/C11H11BrClN3O2S2/c1-16(4-8-5-19-6-15-8)20(17,18)10-3-7(13)2-9(14)11(10)12/h2-3,5-6H,4,14H2,1H3. The maximum atomic E-state index is 12.5. The van der Waals surface area contributed by atoms with Crippen LogP contribution in [0.1, 0.15) is 5.69 Å². The highest BCUT2D eigenvalue weighted by Crippen LogP contribution is 2.33. The predicted octanol–water partition coefficient (Wildman–Crippen LogP) is 2.96. The number of nitrogens with two attached hydrogens (primary N) is 1. The molecule has 0 fully saturated rings. The average molecular weight is 397 g/mol. The molecule has 5 nitrogen and oxygen atoms in total. The van der Waals surface area contributed by atoms with Crippen molar-refractivity contribution in [1.29, 1.82) is 0 Å². The van der Waals surface area contributed by atoms with E-state index < -0.39 is 10.0 Å². The van der Waals surface area contributed by atoms with Gasteiger partial charge in [-0.1, -0.05) is 11.6 Å². The summed E-state index contributed by atoms with van der Waals surface area (Å²) < 4.78 is 26.6. The Balaban J connectivity index is 2.40. The number of halogens is 2. The summed E-state index contributed by atoms with van der Waals surface area (Å²) in [5, 5.41) is 2.07. The van der Waals surface area contributed by atoms with Gasteiger partial charge >= 0.3 is 0 Å². The number of rotatable bonds is 4. The van der Waals surface area contributed by atoms with Gasteiger partial charge in [0, 0.05) is 23.1 Å². The molecule has 2 aromatic rings. The number of hydrogen-bond acceptors (Lipinski definition) is 5. The molecule has 108 valence electrons. The first-order chi connectivity index (χ1) is 9.32. The minimum absolute atomic E-state index is 0.0419. The molecular weight excluding hydrogens is 386 g/mol. The molecule has 20 heavy (non-hydrogen) atoms. The predicted molar refractivity (Wildman–Crippen MR) is 84.3 cm³/mol. The second-order valence-corrected chi connectivity index (χ2v) is 8.01. The normalized spacial score (nSPS) is 12.0. The van der Waals surface area contributed by atoms with Crippen LogP contribution in [0.5, 0.6) is 0 Å². The van der Waals surface area contributed by atoms with E-state index in [1.165, 1.54) is 34.8 Å². The lowest BCUT2D eigenvalue weighted by Crippen LogP contribution is -2.27. The van der Waals surface area contributed by atoms with Crippen molar-refractivity contribution in [2.45, 2.75) is 11.4 Å². The molecule has 0 aliphatic carbocycles. The summed E-state index contributed by atoms with van der Waals surface area (Å²) in [5.74, 6) is 0. The monoisotopic (exact) mass is 395 g/mol. The van der Waals surface area contributed by atoms with Gasteiger partial charge in [-0.25, -0.2) is 13.4 Å². The molecule has 1 aromatic heterocycles. The van der Waals surface area contributed by atoms with Gasteiger partial charge in [0.15, 0.2) is 0 Å². The fourth-order valence-corrected chi connectivity index (χ4v) is 4.51. The topological polar surface area (TPSA) is 76.3 Å². The van der Waals surface area contributed by atoms with Crippen LogP contribution in [0.4, 0.5) is 5.69 Å². The molecule has 1 aromatic carbocycles. The van der Waals surface area contributed by atoms with Gasteiger partial charge in [-0.05, 0) is 28.1 Å². The van der Waals surface area contributed by atoms with Gasteiger partial charge in [0.1, 0.15) is 0 Å². The summed E-state index contributed by atoms with van der Waals surface area (Å²) in [5.41, 5.74) is 8.35. The maximum Gasteiger partial charge on any atom is 0.244 e. The first-order valence-electron chi connectivity index (χ1n) is 5.40. The highest BCUT2D eigenvalue weighted by Gasteiger charge is 2.25. The Hall–Kier alpha value is -0.670. The van der Waals surface area contributed by atoms with Gasteiger partial charge in [0.05, 0.1) is 27.1 Å². The van der Waals surface area contributed by atoms with Gasteiger partial charge in [0.2, 0.25) is 10.0 Å². The van der Waals surface area contributed by atoms with Crippen LogP contribution in [0, 0.1) is 0 Å². The molecule has 0 atom stereocenters. The molecule has 0 amide bonds. The van der Waals surface area contributed by atoms with E-state index in [-0.39, 0.29) is 22.2 Å². The van der Waals surface area contributed by atoms with Crippen molar-refractivity contribution in [2.75, 3.05) is 12.8 Å². The third-order valence-electron chi connectivity index (χ3n) is 2.59. The van der Waals surface area contributed by atoms with E-state index in [4.69, 9.17) is 17.3 Å². The van der Waals surface area contributed by atoms with E-state index in [1.807, 2.05) is 0 Å². The van der Waals surface area contributed by atoms with Crippen LogP contribution in [0.15, 0.2) is 32.4 Å². The molecule has 0 saturated heterocycles. The SMILES string of the molecule is CN(Cc1cscn1)S(=O)(=O)c1cc(Cl)cc(N)c1Br. The molecule has 2 N–H and O–H groups in total. The van der Waals surface area contributed by atoms with E-state index in [0.717, 1.165) is 0 Å². The summed E-state index contributed by atoms with van der Waals surface area (Å²) in [7, 11) is -2.22. The third-order valence-corrected chi connectivity index (χ3v) is 6.42. The maximum absolute atomic E-state index is 12.5. The van der Waals surface area contributed by atoms with Gasteiger partial charge in [0.25, 0.3) is 0 Å². The van der Waals surface area contributed by atoms with Crippen LogP contribution in [-0.4, -0.2) is 24.8 Å². The number of thiazole rings is 1. The molecule has 0 spiro atoms. The number of benzene rings is 1. The minimum Gasteiger partial charge on any atom is -0.398 e. The van der Waals surface area contributed by atoms with Gasteiger partial charge in [-0.3, -0.25) is 0 Å². The van der Waals surface area contributed by atoms with Crippen molar-refractivity contribution in [2.24, 2.45) is 0 Å². The Bertz CT molecular complexity index is 720. The largest absolute Gasteiger partial charge is 0.398 e. The highest BCUT2D eigenvalue weighted by molar-refractivity contribution is 9.10. The van der Waals surface area contributed by atoms with Crippen LogP contribution in [0.3, 0.4) is 0 Å². The first-order valence-corrected chi connectivity index (χ1v) is 8.95. The third kappa shape index (κ3) is 3.15. The molecule has 1 heterocycles. The quantitative estimate of drug-likeness (QED) is 0.806. The van der Waals surface area contributed by atoms with Crippen molar-refractivity contribution >= 4 is 54.6 Å². The fraction of sp³-hybridized carbons (Fsp3) is 0.182. The van der Waals surface area contributed by atoms with Crippen LogP contribution in [-0.2, 0) is 16.6 Å². The zero-order valence-corrected chi connectivity index (χ0v) is 14.4. The Morgan fingerprint density at radius 3 is 2.80 bits per heavy atom. The lowest BCUT2D eigenvalue weighted by atomic mass is 10.3. The van der Waals surface area contributed by atoms with Crippen molar-refractivity contribution in [3.8, 4) is 0 Å². The molecule has 0 saturated carbocycles. The van der Waals surface area contributed by atoms with E-state index in [1.54, 1.807) is 10.9 Å². The number of aromatic nitrogens is 1. The molecular formula is C11H11BrClN3O2S2. The zero-order valence-electron chi connectivity index (χ0n) is 10.4. The molecule has 0 radical (unpaired) electrons. The summed E-state index contributed by atoms with van der Waals surface area (Å²) in [4.78, 5) is 4.11. The lowest BCUT2D eigenvalue weighted by molar-refractivity contribution is 0.462.